The van der Waals surface area contributed by atoms with Gasteiger partial charge in [0.05, 0.1) is 16.6 Å². The molecule has 0 saturated heterocycles. The number of benzene rings is 7. The van der Waals surface area contributed by atoms with Crippen molar-refractivity contribution in [2.24, 2.45) is 11.8 Å². The molecule has 7 aromatic carbocycles. The first kappa shape index (κ1) is 28.9. The van der Waals surface area contributed by atoms with Crippen LogP contribution in [0.5, 0.6) is 0 Å². The fourth-order valence-electron chi connectivity index (χ4n) is 9.95. The normalized spacial score (nSPS) is 20.2. The zero-order valence-corrected chi connectivity index (χ0v) is 28.8. The number of fused-ring (bicyclic) bond motifs is 9. The smallest absolute Gasteiger partial charge is 0.0583 e. The molecule has 11 rings (SSSR count). The summed E-state index contributed by atoms with van der Waals surface area (Å²) >= 11 is 0. The number of nitrogens with zero attached hydrogens (tertiary/aromatic N) is 1. The predicted octanol–water partition coefficient (Wildman–Crippen LogP) is 12.4. The van der Waals surface area contributed by atoms with E-state index in [1.165, 1.54) is 92.7 Å². The van der Waals surface area contributed by atoms with Crippen LogP contribution in [0.15, 0.2) is 158 Å². The van der Waals surface area contributed by atoms with Crippen molar-refractivity contribution in [1.82, 2.24) is 4.40 Å². The van der Waals surface area contributed by atoms with Gasteiger partial charge >= 0.3 is 0 Å². The Morgan fingerprint density at radius 2 is 1.04 bits per heavy atom. The molecule has 0 aliphatic heterocycles. The lowest BCUT2D eigenvalue weighted by Gasteiger charge is -2.31. The molecule has 0 N–H and O–H groups in total. The largest absolute Gasteiger partial charge is 0.308 e. The highest BCUT2D eigenvalue weighted by Gasteiger charge is 2.35. The highest BCUT2D eigenvalue weighted by Crippen LogP contribution is 2.51. The van der Waals surface area contributed by atoms with E-state index in [0.29, 0.717) is 11.8 Å². The monoisotopic (exact) mass is 651 g/mol. The molecule has 0 bridgehead atoms. The van der Waals surface area contributed by atoms with E-state index < -0.39 is 0 Å². The average Bonchev–Trinajstić information content (AvgIpc) is 3.69. The van der Waals surface area contributed by atoms with Gasteiger partial charge in [-0.2, -0.15) is 0 Å². The Hall–Kier alpha value is -5.92. The molecule has 1 nitrogen and oxygen atoms in total. The van der Waals surface area contributed by atoms with Gasteiger partial charge in [0.2, 0.25) is 0 Å². The fraction of sp³-hybridized carbons (Fsp3) is 0.120. The van der Waals surface area contributed by atoms with Crippen LogP contribution in [-0.4, -0.2) is 4.40 Å². The maximum absolute atomic E-state index is 2.57. The summed E-state index contributed by atoms with van der Waals surface area (Å²) in [4.78, 5) is 0. The summed E-state index contributed by atoms with van der Waals surface area (Å²) in [6.45, 7) is 4.84. The molecule has 0 spiro atoms. The SMILES string of the molecule is CC1C=C(c2ccc3ccccc3c2)C=CC1c1c2ccccc2c(C2c3c4ccccc4n4c3c(c3ccccc34)=CC2C)c2ccccc12. The molecule has 242 valence electrons. The van der Waals surface area contributed by atoms with Crippen LogP contribution in [0, 0.1) is 11.8 Å². The van der Waals surface area contributed by atoms with Crippen molar-refractivity contribution in [1.29, 1.82) is 0 Å². The number of para-hydroxylation sites is 2. The fourth-order valence-corrected chi connectivity index (χ4v) is 9.95. The van der Waals surface area contributed by atoms with E-state index in [-0.39, 0.29) is 11.8 Å². The van der Waals surface area contributed by atoms with Gasteiger partial charge < -0.3 is 4.40 Å². The molecule has 0 saturated carbocycles. The highest BCUT2D eigenvalue weighted by molar-refractivity contribution is 6.10. The zero-order valence-electron chi connectivity index (χ0n) is 28.8. The molecule has 2 heterocycles. The topological polar surface area (TPSA) is 4.41 Å². The van der Waals surface area contributed by atoms with Crippen molar-refractivity contribution in [2.75, 3.05) is 0 Å². The van der Waals surface area contributed by atoms with Gasteiger partial charge in [-0.25, -0.2) is 0 Å². The van der Waals surface area contributed by atoms with Crippen molar-refractivity contribution in [3.05, 3.63) is 185 Å². The molecule has 4 atom stereocenters. The lowest BCUT2D eigenvalue weighted by Crippen LogP contribution is -2.20. The van der Waals surface area contributed by atoms with Crippen LogP contribution in [0.1, 0.15) is 47.9 Å². The number of rotatable bonds is 3. The van der Waals surface area contributed by atoms with E-state index in [9.17, 15) is 0 Å². The van der Waals surface area contributed by atoms with Crippen LogP contribution in [0.4, 0.5) is 0 Å². The Morgan fingerprint density at radius 3 is 1.73 bits per heavy atom. The van der Waals surface area contributed by atoms with Gasteiger partial charge in [-0.1, -0.05) is 159 Å². The van der Waals surface area contributed by atoms with Gasteiger partial charge in [0, 0.05) is 27.8 Å². The van der Waals surface area contributed by atoms with E-state index >= 15 is 0 Å². The third kappa shape index (κ3) is 4.04. The maximum Gasteiger partial charge on any atom is 0.0583 e. The summed E-state index contributed by atoms with van der Waals surface area (Å²) in [6.07, 6.45) is 9.91. The Morgan fingerprint density at radius 1 is 0.471 bits per heavy atom. The lowest BCUT2D eigenvalue weighted by molar-refractivity contribution is 0.644. The number of hydrogen-bond acceptors (Lipinski definition) is 0. The van der Waals surface area contributed by atoms with Gasteiger partial charge in [0.15, 0.2) is 0 Å². The number of aromatic nitrogens is 1. The number of hydrogen-bond donors (Lipinski definition) is 0. The van der Waals surface area contributed by atoms with Crippen molar-refractivity contribution >= 4 is 71.3 Å². The van der Waals surface area contributed by atoms with E-state index in [0.717, 1.165) is 0 Å². The summed E-state index contributed by atoms with van der Waals surface area (Å²) in [5.74, 6) is 1.14. The maximum atomic E-state index is 2.57. The second kappa shape index (κ2) is 10.8. The first-order valence-electron chi connectivity index (χ1n) is 18.4. The summed E-state index contributed by atoms with van der Waals surface area (Å²) in [6, 6.07) is 52.1. The average molecular weight is 652 g/mol. The van der Waals surface area contributed by atoms with Crippen LogP contribution >= 0.6 is 0 Å². The minimum atomic E-state index is 0.215. The summed E-state index contributed by atoms with van der Waals surface area (Å²) in [5.41, 5.74) is 11.0. The van der Waals surface area contributed by atoms with E-state index in [2.05, 4.69) is 182 Å². The second-order valence-electron chi connectivity index (χ2n) is 14.9. The van der Waals surface area contributed by atoms with Gasteiger partial charge in [0.25, 0.3) is 0 Å². The first-order valence-corrected chi connectivity index (χ1v) is 18.4. The molecule has 4 unspecified atom stereocenters. The Bertz CT molecular complexity index is 2970. The highest BCUT2D eigenvalue weighted by atomic mass is 14.9. The van der Waals surface area contributed by atoms with Gasteiger partial charge in [0.1, 0.15) is 0 Å². The van der Waals surface area contributed by atoms with Crippen LogP contribution in [0.3, 0.4) is 0 Å². The van der Waals surface area contributed by atoms with Crippen molar-refractivity contribution in [3.63, 3.8) is 0 Å². The molecule has 0 fully saturated rings. The molecule has 51 heavy (non-hydrogen) atoms. The number of allylic oxidation sites excluding steroid dienone is 4. The molecule has 2 aliphatic carbocycles. The lowest BCUT2D eigenvalue weighted by atomic mass is 9.71. The molecule has 2 aromatic heterocycles. The summed E-state index contributed by atoms with van der Waals surface area (Å²) < 4.78 is 2.54. The van der Waals surface area contributed by atoms with Crippen LogP contribution in [0.2, 0.25) is 0 Å². The summed E-state index contributed by atoms with van der Waals surface area (Å²) in [7, 11) is 0. The first-order chi connectivity index (χ1) is 25.2. The Balaban J connectivity index is 1.14. The molecular formula is C50H37N. The molecule has 9 aromatic rings. The summed E-state index contributed by atoms with van der Waals surface area (Å²) in [5, 5.41) is 12.2. The van der Waals surface area contributed by atoms with Crippen molar-refractivity contribution in [2.45, 2.75) is 25.7 Å². The quantitative estimate of drug-likeness (QED) is 0.167. The molecule has 0 amide bonds. The van der Waals surface area contributed by atoms with Crippen LogP contribution < -0.4 is 5.22 Å². The Kier molecular flexibility index (Phi) is 6.11. The van der Waals surface area contributed by atoms with Gasteiger partial charge in [-0.3, -0.25) is 0 Å². The van der Waals surface area contributed by atoms with E-state index in [4.69, 9.17) is 0 Å². The van der Waals surface area contributed by atoms with Crippen LogP contribution in [-0.2, 0) is 0 Å². The molecule has 2 aliphatic rings. The third-order valence-electron chi connectivity index (χ3n) is 12.1. The second-order valence-corrected chi connectivity index (χ2v) is 14.9. The molecular weight excluding hydrogens is 615 g/mol. The van der Waals surface area contributed by atoms with Crippen molar-refractivity contribution in [3.8, 4) is 0 Å². The minimum absolute atomic E-state index is 0.215. The predicted molar refractivity (Wildman–Crippen MR) is 218 cm³/mol. The zero-order chi connectivity index (χ0) is 33.8. The van der Waals surface area contributed by atoms with Gasteiger partial charge in [-0.15, -0.1) is 0 Å². The third-order valence-corrected chi connectivity index (χ3v) is 12.1. The standard InChI is InChI=1S/C50H37N/c1-30-27-34(35-24-23-32-13-3-4-14-33(32)29-35)25-26-36(30)47-38-16-5-7-18-40(38)48(41-19-8-6-17-39(41)47)46-31(2)28-43-37-15-9-11-21-44(37)51-45-22-12-10-20-42(45)49(46)50(43)51/h3-31,36,46H,1-2H3. The van der Waals surface area contributed by atoms with Crippen LogP contribution in [0.25, 0.3) is 71.3 Å². The van der Waals surface area contributed by atoms with E-state index in [1.54, 1.807) is 0 Å². The van der Waals surface area contributed by atoms with Crippen molar-refractivity contribution < 1.29 is 0 Å². The Labute approximate surface area is 297 Å². The minimum Gasteiger partial charge on any atom is -0.308 e. The molecule has 0 radical (unpaired) electrons. The molecule has 1 heteroatoms. The van der Waals surface area contributed by atoms with E-state index in [1.807, 2.05) is 0 Å². The van der Waals surface area contributed by atoms with Gasteiger partial charge in [-0.05, 0) is 90.2 Å².